The zero-order chi connectivity index (χ0) is 18.3. The van der Waals surface area contributed by atoms with Crippen molar-refractivity contribution >= 4 is 38.8 Å². The third-order valence-electron chi connectivity index (χ3n) is 5.00. The fourth-order valence-electron chi connectivity index (χ4n) is 3.55. The third-order valence-corrected chi connectivity index (χ3v) is 6.92. The second kappa shape index (κ2) is 6.96. The monoisotopic (exact) mass is 387 g/mol. The number of hydrogen-bond donors (Lipinski definition) is 0. The molecule has 1 amide bonds. The van der Waals surface area contributed by atoms with Crippen LogP contribution in [0.2, 0.25) is 0 Å². The van der Waals surface area contributed by atoms with Gasteiger partial charge in [0.1, 0.15) is 11.4 Å². The van der Waals surface area contributed by atoms with E-state index in [0.29, 0.717) is 5.39 Å². The molecule has 3 aromatic heterocycles. The largest absolute Gasteiger partial charge is 0.338 e. The van der Waals surface area contributed by atoms with Crippen LogP contribution in [0.3, 0.4) is 0 Å². The number of nitrogens with zero attached hydrogens (tertiary/aromatic N) is 3. The summed E-state index contributed by atoms with van der Waals surface area (Å²) in [5, 5.41) is 2.61. The molecule has 4 rings (SSSR count). The Morgan fingerprint density at radius 1 is 1.35 bits per heavy atom. The quantitative estimate of drug-likeness (QED) is 0.685. The summed E-state index contributed by atoms with van der Waals surface area (Å²) in [5.74, 6) is 0.00389. The molecule has 1 unspecified atom stereocenters. The number of aromatic nitrogens is 2. The standard InChI is InChI=1S/C19H21N3O2S2/c1-12-5-3-4-8-22(12)16(23)9-21-11-20-18-17(19(21)24)14(10-25-18)15-7-6-13(2)26-15/h6-7,10-12H,3-5,8-9H2,1-2H3. The summed E-state index contributed by atoms with van der Waals surface area (Å²) >= 11 is 3.14. The van der Waals surface area contributed by atoms with Gasteiger partial charge in [-0.05, 0) is 45.2 Å². The average molecular weight is 388 g/mol. The highest BCUT2D eigenvalue weighted by atomic mass is 32.1. The molecular formula is C19H21N3O2S2. The van der Waals surface area contributed by atoms with Gasteiger partial charge in [-0.15, -0.1) is 22.7 Å². The number of fused-ring (bicyclic) bond motifs is 1. The first-order chi connectivity index (χ1) is 12.5. The number of thiophene rings is 2. The van der Waals surface area contributed by atoms with Gasteiger partial charge in [-0.25, -0.2) is 4.98 Å². The Kier molecular flexibility index (Phi) is 4.67. The molecule has 0 spiro atoms. The lowest BCUT2D eigenvalue weighted by Crippen LogP contribution is -2.44. The van der Waals surface area contributed by atoms with E-state index in [9.17, 15) is 9.59 Å². The molecule has 1 aliphatic heterocycles. The number of aryl methyl sites for hydroxylation is 1. The van der Waals surface area contributed by atoms with Crippen LogP contribution in [-0.4, -0.2) is 32.9 Å². The molecule has 0 bridgehead atoms. The molecule has 5 nitrogen and oxygen atoms in total. The fraction of sp³-hybridized carbons (Fsp3) is 0.421. The summed E-state index contributed by atoms with van der Waals surface area (Å²) in [5.41, 5.74) is 0.795. The van der Waals surface area contributed by atoms with Crippen molar-refractivity contribution in [2.24, 2.45) is 0 Å². The Morgan fingerprint density at radius 2 is 2.19 bits per heavy atom. The summed E-state index contributed by atoms with van der Waals surface area (Å²) in [7, 11) is 0. The fourth-order valence-corrected chi connectivity index (χ4v) is 5.41. The van der Waals surface area contributed by atoms with E-state index in [1.54, 1.807) is 11.3 Å². The first-order valence-corrected chi connectivity index (χ1v) is 10.6. The van der Waals surface area contributed by atoms with Crippen LogP contribution in [0.5, 0.6) is 0 Å². The lowest BCUT2D eigenvalue weighted by atomic mass is 10.0. The van der Waals surface area contributed by atoms with Crippen LogP contribution in [0.1, 0.15) is 31.1 Å². The SMILES string of the molecule is Cc1ccc(-c2csc3ncn(CC(=O)N4CCCCC4C)c(=O)c23)s1. The molecule has 1 aliphatic rings. The van der Waals surface area contributed by atoms with Crippen LogP contribution >= 0.6 is 22.7 Å². The van der Waals surface area contributed by atoms with Crippen molar-refractivity contribution in [2.75, 3.05) is 6.54 Å². The van der Waals surface area contributed by atoms with Gasteiger partial charge in [0.15, 0.2) is 0 Å². The minimum absolute atomic E-state index is 0.00389. The van der Waals surface area contributed by atoms with Crippen LogP contribution in [0, 0.1) is 6.92 Å². The van der Waals surface area contributed by atoms with Gasteiger partial charge in [-0.3, -0.25) is 14.2 Å². The van der Waals surface area contributed by atoms with Gasteiger partial charge < -0.3 is 4.90 Å². The Hall–Kier alpha value is -1.99. The number of rotatable bonds is 3. The van der Waals surface area contributed by atoms with Crippen molar-refractivity contribution < 1.29 is 4.79 Å². The van der Waals surface area contributed by atoms with Gasteiger partial charge in [0.05, 0.1) is 11.7 Å². The van der Waals surface area contributed by atoms with Crippen LogP contribution in [0.15, 0.2) is 28.6 Å². The molecule has 1 atom stereocenters. The zero-order valence-corrected chi connectivity index (χ0v) is 16.5. The molecule has 1 fully saturated rings. The molecule has 0 N–H and O–H groups in total. The summed E-state index contributed by atoms with van der Waals surface area (Å²) in [6.07, 6.45) is 4.74. The van der Waals surface area contributed by atoms with E-state index in [4.69, 9.17) is 0 Å². The summed E-state index contributed by atoms with van der Waals surface area (Å²) in [6, 6.07) is 4.34. The van der Waals surface area contributed by atoms with Crippen molar-refractivity contribution in [3.8, 4) is 10.4 Å². The third kappa shape index (κ3) is 3.10. The van der Waals surface area contributed by atoms with Crippen molar-refractivity contribution in [3.63, 3.8) is 0 Å². The molecule has 0 radical (unpaired) electrons. The van der Waals surface area contributed by atoms with Crippen molar-refractivity contribution in [3.05, 3.63) is 39.1 Å². The van der Waals surface area contributed by atoms with Gasteiger partial charge in [-0.1, -0.05) is 0 Å². The number of hydrogen-bond acceptors (Lipinski definition) is 5. The van der Waals surface area contributed by atoms with E-state index in [0.717, 1.165) is 41.1 Å². The van der Waals surface area contributed by atoms with E-state index < -0.39 is 0 Å². The second-order valence-electron chi connectivity index (χ2n) is 6.85. The molecule has 26 heavy (non-hydrogen) atoms. The molecule has 0 aromatic carbocycles. The minimum Gasteiger partial charge on any atom is -0.338 e. The molecule has 1 saturated heterocycles. The summed E-state index contributed by atoms with van der Waals surface area (Å²) < 4.78 is 1.46. The maximum absolute atomic E-state index is 13.1. The number of carbonyl (C=O) groups excluding carboxylic acids is 1. The van der Waals surface area contributed by atoms with Gasteiger partial charge >= 0.3 is 0 Å². The molecule has 4 heterocycles. The summed E-state index contributed by atoms with van der Waals surface area (Å²) in [6.45, 7) is 4.97. The number of likely N-dealkylation sites (tertiary alicyclic amines) is 1. The van der Waals surface area contributed by atoms with E-state index >= 15 is 0 Å². The van der Waals surface area contributed by atoms with E-state index in [-0.39, 0.29) is 24.1 Å². The number of amides is 1. The van der Waals surface area contributed by atoms with Crippen molar-refractivity contribution in [1.29, 1.82) is 0 Å². The predicted molar refractivity (Wildman–Crippen MR) is 107 cm³/mol. The smallest absolute Gasteiger partial charge is 0.263 e. The Morgan fingerprint density at radius 3 is 2.92 bits per heavy atom. The van der Waals surface area contributed by atoms with Gasteiger partial charge in [0.25, 0.3) is 5.56 Å². The first-order valence-electron chi connectivity index (χ1n) is 8.87. The Balaban J connectivity index is 1.69. The molecule has 0 aliphatic carbocycles. The molecule has 0 saturated carbocycles. The highest BCUT2D eigenvalue weighted by Crippen LogP contribution is 2.34. The Bertz CT molecular complexity index is 1020. The average Bonchev–Trinajstić information content (AvgIpc) is 3.24. The van der Waals surface area contributed by atoms with Crippen LogP contribution in [-0.2, 0) is 11.3 Å². The maximum Gasteiger partial charge on any atom is 0.263 e. The summed E-state index contributed by atoms with van der Waals surface area (Å²) in [4.78, 5) is 35.1. The lowest BCUT2D eigenvalue weighted by Gasteiger charge is -2.33. The van der Waals surface area contributed by atoms with Crippen molar-refractivity contribution in [2.45, 2.75) is 45.7 Å². The van der Waals surface area contributed by atoms with Crippen molar-refractivity contribution in [1.82, 2.24) is 14.5 Å². The van der Waals surface area contributed by atoms with Crippen LogP contribution in [0.4, 0.5) is 0 Å². The number of carbonyl (C=O) groups is 1. The normalized spacial score (nSPS) is 17.8. The molecule has 136 valence electrons. The maximum atomic E-state index is 13.1. The van der Waals surface area contributed by atoms with Gasteiger partial charge in [0, 0.05) is 33.3 Å². The van der Waals surface area contributed by atoms with Gasteiger partial charge in [0.2, 0.25) is 5.91 Å². The highest BCUT2D eigenvalue weighted by molar-refractivity contribution is 7.19. The zero-order valence-electron chi connectivity index (χ0n) is 14.9. The Labute approximate surface area is 159 Å². The van der Waals surface area contributed by atoms with E-state index in [1.165, 1.54) is 27.1 Å². The predicted octanol–water partition coefficient (Wildman–Crippen LogP) is 3.90. The topological polar surface area (TPSA) is 55.2 Å². The highest BCUT2D eigenvalue weighted by Gasteiger charge is 2.24. The van der Waals surface area contributed by atoms with Gasteiger partial charge in [-0.2, -0.15) is 0 Å². The minimum atomic E-state index is -0.129. The number of piperidine rings is 1. The van der Waals surface area contributed by atoms with E-state index in [2.05, 4.69) is 24.9 Å². The second-order valence-corrected chi connectivity index (χ2v) is 9.00. The lowest BCUT2D eigenvalue weighted by molar-refractivity contribution is -0.135. The van der Waals surface area contributed by atoms with Crippen LogP contribution in [0.25, 0.3) is 20.7 Å². The van der Waals surface area contributed by atoms with E-state index in [1.807, 2.05) is 16.3 Å². The molecular weight excluding hydrogens is 366 g/mol. The van der Waals surface area contributed by atoms with Crippen LogP contribution < -0.4 is 5.56 Å². The molecule has 7 heteroatoms. The molecule has 3 aromatic rings. The first kappa shape index (κ1) is 17.4.